The van der Waals surface area contributed by atoms with Crippen molar-refractivity contribution in [2.24, 2.45) is 5.92 Å². The van der Waals surface area contributed by atoms with Gasteiger partial charge >= 0.3 is 0 Å². The summed E-state index contributed by atoms with van der Waals surface area (Å²) < 4.78 is 13.4. The molecule has 0 N–H and O–H groups in total. The number of halogens is 1. The van der Waals surface area contributed by atoms with Crippen LogP contribution in [0.1, 0.15) is 11.6 Å². The minimum absolute atomic E-state index is 0.178. The molecule has 2 amide bonds. The van der Waals surface area contributed by atoms with Gasteiger partial charge in [0.2, 0.25) is 5.91 Å². The summed E-state index contributed by atoms with van der Waals surface area (Å²) in [6.07, 6.45) is -1.17. The number of hydroxylamine groups is 1. The molecule has 2 saturated heterocycles. The summed E-state index contributed by atoms with van der Waals surface area (Å²) in [5, 5.41) is 13.1. The van der Waals surface area contributed by atoms with Gasteiger partial charge in [-0.1, -0.05) is 30.3 Å². The first-order valence-electron chi connectivity index (χ1n) is 9.85. The van der Waals surface area contributed by atoms with Gasteiger partial charge in [0.05, 0.1) is 21.9 Å². The fraction of sp³-hybridized carbons (Fsp3) is 0.130. The van der Waals surface area contributed by atoms with Crippen LogP contribution in [0.4, 0.5) is 21.5 Å². The van der Waals surface area contributed by atoms with E-state index in [0.29, 0.717) is 5.69 Å². The Morgan fingerprint density at radius 1 is 0.844 bits per heavy atom. The first-order chi connectivity index (χ1) is 15.5. The normalized spacial score (nSPS) is 22.3. The van der Waals surface area contributed by atoms with Gasteiger partial charge in [0.15, 0.2) is 6.10 Å². The Hall–Kier alpha value is -4.11. The van der Waals surface area contributed by atoms with Gasteiger partial charge in [-0.3, -0.25) is 24.5 Å². The molecule has 0 aliphatic carbocycles. The van der Waals surface area contributed by atoms with E-state index in [9.17, 15) is 24.1 Å². The van der Waals surface area contributed by atoms with Crippen LogP contribution in [0.5, 0.6) is 0 Å². The SMILES string of the molecule is O=C1[C@@H]2[C@@H](ON(c3ccccc3)[C@H]2c2ccccc2[N+](=O)[O-])C(=O)N1c1ccc(F)cc1. The minimum atomic E-state index is -1.17. The quantitative estimate of drug-likeness (QED) is 0.353. The van der Waals surface area contributed by atoms with Gasteiger partial charge in [-0.25, -0.2) is 14.4 Å². The molecule has 0 saturated carbocycles. The highest BCUT2D eigenvalue weighted by molar-refractivity contribution is 6.23. The van der Waals surface area contributed by atoms with Crippen LogP contribution in [0.3, 0.4) is 0 Å². The maximum atomic E-state index is 13.5. The number of rotatable bonds is 4. The van der Waals surface area contributed by atoms with Gasteiger partial charge in [-0.2, -0.15) is 0 Å². The lowest BCUT2D eigenvalue weighted by Crippen LogP contribution is -2.37. The average Bonchev–Trinajstić information content (AvgIpc) is 3.31. The Labute approximate surface area is 181 Å². The minimum Gasteiger partial charge on any atom is -0.273 e. The molecule has 32 heavy (non-hydrogen) atoms. The van der Waals surface area contributed by atoms with Gasteiger partial charge in [0, 0.05) is 6.07 Å². The molecular weight excluding hydrogens is 417 g/mol. The summed E-state index contributed by atoms with van der Waals surface area (Å²) >= 11 is 0. The summed E-state index contributed by atoms with van der Waals surface area (Å²) in [5.74, 6) is -2.69. The van der Waals surface area contributed by atoms with Crippen molar-refractivity contribution in [3.8, 4) is 0 Å². The van der Waals surface area contributed by atoms with E-state index in [1.54, 1.807) is 42.5 Å². The first-order valence-corrected chi connectivity index (χ1v) is 9.85. The van der Waals surface area contributed by atoms with E-state index in [4.69, 9.17) is 4.84 Å². The van der Waals surface area contributed by atoms with Crippen molar-refractivity contribution in [3.05, 3.63) is 100 Å². The van der Waals surface area contributed by atoms with E-state index in [1.807, 2.05) is 0 Å². The second kappa shape index (κ2) is 7.54. The molecule has 160 valence electrons. The largest absolute Gasteiger partial charge is 0.274 e. The standard InChI is InChI=1S/C23H16FN3O5/c24-14-10-12-15(13-11-14)25-22(28)19-20(17-8-4-5-9-18(17)27(30)31)26(32-21(19)23(25)29)16-6-2-1-3-7-16/h1-13,19-21H/t19-,20-,21+/m0/s1. The van der Waals surface area contributed by atoms with Crippen LogP contribution in [0.2, 0.25) is 0 Å². The van der Waals surface area contributed by atoms with Gasteiger partial charge < -0.3 is 0 Å². The third-order valence-electron chi connectivity index (χ3n) is 5.66. The monoisotopic (exact) mass is 433 g/mol. The summed E-state index contributed by atoms with van der Waals surface area (Å²) in [6, 6.07) is 18.9. The van der Waals surface area contributed by atoms with E-state index in [0.717, 1.165) is 17.0 Å². The number of hydrogen-bond acceptors (Lipinski definition) is 6. The highest BCUT2D eigenvalue weighted by Gasteiger charge is 2.61. The van der Waals surface area contributed by atoms with Crippen LogP contribution < -0.4 is 9.96 Å². The Balaban J connectivity index is 1.63. The molecule has 2 fully saturated rings. The lowest BCUT2D eigenvalue weighted by Gasteiger charge is -2.28. The lowest BCUT2D eigenvalue weighted by atomic mass is 9.89. The number of nitrogens with zero attached hydrogens (tertiary/aromatic N) is 3. The van der Waals surface area contributed by atoms with E-state index in [2.05, 4.69) is 0 Å². The van der Waals surface area contributed by atoms with Crippen LogP contribution in [-0.4, -0.2) is 22.8 Å². The maximum absolute atomic E-state index is 13.5. The van der Waals surface area contributed by atoms with E-state index < -0.39 is 40.6 Å². The highest BCUT2D eigenvalue weighted by atomic mass is 19.1. The molecule has 2 aliphatic heterocycles. The predicted molar refractivity (Wildman–Crippen MR) is 112 cm³/mol. The van der Waals surface area contributed by atoms with Crippen LogP contribution >= 0.6 is 0 Å². The Kier molecular flexibility index (Phi) is 4.67. The molecule has 0 bridgehead atoms. The van der Waals surface area contributed by atoms with E-state index >= 15 is 0 Å². The molecule has 0 unspecified atom stereocenters. The summed E-state index contributed by atoms with van der Waals surface area (Å²) in [6.45, 7) is 0. The zero-order valence-corrected chi connectivity index (χ0v) is 16.5. The summed E-state index contributed by atoms with van der Waals surface area (Å²) in [7, 11) is 0. The Morgan fingerprint density at radius 3 is 2.19 bits per heavy atom. The van der Waals surface area contributed by atoms with Crippen LogP contribution in [0.25, 0.3) is 0 Å². The molecule has 3 aromatic rings. The number of carbonyl (C=O) groups is 2. The number of anilines is 2. The maximum Gasteiger partial charge on any atom is 0.274 e. The van der Waals surface area contributed by atoms with Crippen LogP contribution in [-0.2, 0) is 14.4 Å². The van der Waals surface area contributed by atoms with Crippen molar-refractivity contribution >= 4 is 28.9 Å². The van der Waals surface area contributed by atoms with Crippen molar-refractivity contribution in [2.75, 3.05) is 9.96 Å². The molecule has 0 aromatic heterocycles. The molecule has 2 aliphatic rings. The number of hydrogen-bond donors (Lipinski definition) is 0. The molecule has 3 atom stereocenters. The number of carbonyl (C=O) groups excluding carboxylic acids is 2. The third-order valence-corrected chi connectivity index (χ3v) is 5.66. The van der Waals surface area contributed by atoms with Crippen molar-refractivity contribution in [1.82, 2.24) is 0 Å². The van der Waals surface area contributed by atoms with Gasteiger partial charge in [-0.05, 0) is 42.5 Å². The molecule has 9 heteroatoms. The zero-order chi connectivity index (χ0) is 22.4. The molecule has 5 rings (SSSR count). The number of nitro benzene ring substituents is 1. The topological polar surface area (TPSA) is 93.0 Å². The molecular formula is C23H16FN3O5. The van der Waals surface area contributed by atoms with Gasteiger partial charge in [0.25, 0.3) is 11.6 Å². The van der Waals surface area contributed by atoms with Gasteiger partial charge in [-0.15, -0.1) is 0 Å². The second-order valence-corrected chi connectivity index (χ2v) is 7.46. The van der Waals surface area contributed by atoms with Crippen LogP contribution in [0.15, 0.2) is 78.9 Å². The molecule has 0 radical (unpaired) electrons. The second-order valence-electron chi connectivity index (χ2n) is 7.46. The van der Waals surface area contributed by atoms with Gasteiger partial charge in [0.1, 0.15) is 17.8 Å². The van der Waals surface area contributed by atoms with Crippen molar-refractivity contribution in [1.29, 1.82) is 0 Å². The highest BCUT2D eigenvalue weighted by Crippen LogP contribution is 2.49. The first kappa shape index (κ1) is 19.8. The lowest BCUT2D eigenvalue weighted by molar-refractivity contribution is -0.385. The smallest absolute Gasteiger partial charge is 0.273 e. The van der Waals surface area contributed by atoms with E-state index in [1.165, 1.54) is 29.3 Å². The average molecular weight is 433 g/mol. The number of nitro groups is 1. The number of amides is 2. The summed E-state index contributed by atoms with van der Waals surface area (Å²) in [5.41, 5.74) is 0.852. The molecule has 2 heterocycles. The number of fused-ring (bicyclic) bond motifs is 1. The Bertz CT molecular complexity index is 1220. The number of para-hydroxylation sites is 2. The zero-order valence-electron chi connectivity index (χ0n) is 16.5. The van der Waals surface area contributed by atoms with Crippen molar-refractivity contribution in [2.45, 2.75) is 12.1 Å². The number of benzene rings is 3. The fourth-order valence-corrected chi connectivity index (χ4v) is 4.28. The number of imide groups is 1. The fourth-order valence-electron chi connectivity index (χ4n) is 4.28. The third kappa shape index (κ3) is 3.02. The van der Waals surface area contributed by atoms with E-state index in [-0.39, 0.29) is 16.9 Å². The molecule has 8 nitrogen and oxygen atoms in total. The van der Waals surface area contributed by atoms with Crippen molar-refractivity contribution in [3.63, 3.8) is 0 Å². The molecule has 0 spiro atoms. The molecule has 3 aromatic carbocycles. The Morgan fingerprint density at radius 2 is 1.50 bits per heavy atom. The summed E-state index contributed by atoms with van der Waals surface area (Å²) in [4.78, 5) is 44.8. The van der Waals surface area contributed by atoms with Crippen molar-refractivity contribution < 1.29 is 23.7 Å². The van der Waals surface area contributed by atoms with Crippen LogP contribution in [0, 0.1) is 21.8 Å². The predicted octanol–water partition coefficient (Wildman–Crippen LogP) is 3.79.